The molecule has 0 atom stereocenters. The van der Waals surface area contributed by atoms with Crippen LogP contribution in [-0.4, -0.2) is 28.5 Å². The summed E-state index contributed by atoms with van der Waals surface area (Å²) in [7, 11) is 0. The molecule has 3 aromatic rings. The molecule has 0 aliphatic carbocycles. The van der Waals surface area contributed by atoms with Crippen LogP contribution in [0.15, 0.2) is 35.4 Å². The summed E-state index contributed by atoms with van der Waals surface area (Å²) in [6.07, 6.45) is 4.71. The number of hydrogen-bond donors (Lipinski definition) is 2. The van der Waals surface area contributed by atoms with E-state index in [2.05, 4.69) is 10.3 Å². The fourth-order valence-corrected chi connectivity index (χ4v) is 3.92. The van der Waals surface area contributed by atoms with Crippen molar-refractivity contribution < 1.29 is 13.9 Å². The number of carbonyl (C=O) groups is 1. The van der Waals surface area contributed by atoms with Crippen LogP contribution in [0.3, 0.4) is 0 Å². The summed E-state index contributed by atoms with van der Waals surface area (Å²) in [6.45, 7) is 5.87. The molecule has 1 aliphatic heterocycles. The van der Waals surface area contributed by atoms with Gasteiger partial charge in [0.25, 0.3) is 0 Å². The molecule has 0 fully saturated rings. The molecule has 0 radical (unpaired) electrons. The molecule has 3 N–H and O–H groups in total. The van der Waals surface area contributed by atoms with Crippen LogP contribution in [0.1, 0.15) is 43.2 Å². The van der Waals surface area contributed by atoms with Crippen molar-refractivity contribution in [3.63, 3.8) is 0 Å². The molecular weight excluding hydrogens is 399 g/mol. The van der Waals surface area contributed by atoms with E-state index in [-0.39, 0.29) is 34.7 Å². The average molecular weight is 424 g/mol. The zero-order valence-corrected chi connectivity index (χ0v) is 17.8. The lowest BCUT2D eigenvalue weighted by atomic mass is 9.98. The molecule has 8 heteroatoms. The maximum absolute atomic E-state index is 15.3. The molecule has 1 aromatic carbocycles. The van der Waals surface area contributed by atoms with Crippen molar-refractivity contribution in [1.82, 2.24) is 9.55 Å². The highest BCUT2D eigenvalue weighted by Gasteiger charge is 2.34. The van der Waals surface area contributed by atoms with Crippen LogP contribution >= 0.6 is 0 Å². The molecule has 31 heavy (non-hydrogen) atoms. The number of ether oxygens (including phenoxy) is 1. The maximum Gasteiger partial charge on any atom is 0.202 e. The molecule has 3 heterocycles. The number of aromatic nitrogens is 2. The van der Waals surface area contributed by atoms with Crippen molar-refractivity contribution in [3.05, 3.63) is 57.9 Å². The van der Waals surface area contributed by atoms with Gasteiger partial charge in [-0.15, -0.1) is 0 Å². The Labute approximate surface area is 179 Å². The summed E-state index contributed by atoms with van der Waals surface area (Å²) in [5, 5.41) is 3.07. The Morgan fingerprint density at radius 1 is 1.39 bits per heavy atom. The number of pyridine rings is 2. The first-order valence-electron chi connectivity index (χ1n) is 10.2. The summed E-state index contributed by atoms with van der Waals surface area (Å²) in [4.78, 5) is 29.3. The molecule has 2 aromatic heterocycles. The first kappa shape index (κ1) is 20.8. The van der Waals surface area contributed by atoms with Crippen LogP contribution in [0.5, 0.6) is 5.75 Å². The molecule has 0 spiro atoms. The SMILES string of the molecule is CC(=O)c1cn2c3c(c(NCCCc4ccccn4)c(F)c(N)c3c1=O)OCC2(C)C. The van der Waals surface area contributed by atoms with E-state index < -0.39 is 22.6 Å². The quantitative estimate of drug-likeness (QED) is 0.357. The van der Waals surface area contributed by atoms with Gasteiger partial charge >= 0.3 is 0 Å². The van der Waals surface area contributed by atoms with Gasteiger partial charge in [-0.1, -0.05) is 6.07 Å². The first-order chi connectivity index (χ1) is 14.7. The third-order valence-corrected chi connectivity index (χ3v) is 5.61. The number of benzene rings is 1. The Hall–Kier alpha value is -3.42. The van der Waals surface area contributed by atoms with Crippen LogP contribution in [0.25, 0.3) is 10.9 Å². The summed E-state index contributed by atoms with van der Waals surface area (Å²) in [5.74, 6) is -0.897. The highest BCUT2D eigenvalue weighted by Crippen LogP contribution is 2.44. The van der Waals surface area contributed by atoms with E-state index in [0.717, 1.165) is 18.5 Å². The molecule has 7 nitrogen and oxygen atoms in total. The Bertz CT molecular complexity index is 1240. The van der Waals surface area contributed by atoms with Gasteiger partial charge in [0.15, 0.2) is 17.3 Å². The summed E-state index contributed by atoms with van der Waals surface area (Å²) >= 11 is 0. The molecule has 0 saturated carbocycles. The number of anilines is 2. The van der Waals surface area contributed by atoms with Crippen LogP contribution in [-0.2, 0) is 12.0 Å². The number of halogens is 1. The van der Waals surface area contributed by atoms with E-state index in [9.17, 15) is 9.59 Å². The number of ketones is 1. The van der Waals surface area contributed by atoms with Gasteiger partial charge in [0.1, 0.15) is 12.3 Å². The largest absolute Gasteiger partial charge is 0.487 e. The minimum atomic E-state index is -0.746. The molecule has 0 saturated heterocycles. The zero-order valence-electron chi connectivity index (χ0n) is 17.8. The standard InChI is InChI=1S/C23H25FN4O3/c1-13(29)15-11-28-20-16(21(15)30)18(25)17(24)19(22(20)31-12-23(28,2)3)27-10-6-8-14-7-4-5-9-26-14/h4-5,7,9,11,27H,6,8,10,12,25H2,1-3H3. The van der Waals surface area contributed by atoms with Gasteiger partial charge in [0.05, 0.1) is 27.7 Å². The lowest BCUT2D eigenvalue weighted by Gasteiger charge is -2.36. The Morgan fingerprint density at radius 2 is 2.16 bits per heavy atom. The first-order valence-corrected chi connectivity index (χ1v) is 10.2. The second-order valence-corrected chi connectivity index (χ2v) is 8.41. The Morgan fingerprint density at radius 3 is 2.84 bits per heavy atom. The van der Waals surface area contributed by atoms with Crippen LogP contribution in [0.2, 0.25) is 0 Å². The number of nitrogens with zero attached hydrogens (tertiary/aromatic N) is 2. The van der Waals surface area contributed by atoms with E-state index in [4.69, 9.17) is 10.5 Å². The Balaban J connectivity index is 1.79. The van der Waals surface area contributed by atoms with Gasteiger partial charge in [-0.3, -0.25) is 14.6 Å². The van der Waals surface area contributed by atoms with Crippen molar-refractivity contribution in [3.8, 4) is 5.75 Å². The number of nitrogens with two attached hydrogens (primary N) is 1. The highest BCUT2D eigenvalue weighted by molar-refractivity contribution is 6.04. The second kappa shape index (κ2) is 7.68. The number of aryl methyl sites for hydroxylation is 1. The highest BCUT2D eigenvalue weighted by atomic mass is 19.1. The zero-order chi connectivity index (χ0) is 22.3. The molecular formula is C23H25FN4O3. The summed E-state index contributed by atoms with van der Waals surface area (Å²) in [5.41, 5.74) is 6.13. The normalized spacial score (nSPS) is 14.3. The Kier molecular flexibility index (Phi) is 5.16. The molecule has 0 unspecified atom stereocenters. The summed E-state index contributed by atoms with van der Waals surface area (Å²) < 4.78 is 23.0. The van der Waals surface area contributed by atoms with Crippen molar-refractivity contribution >= 4 is 28.1 Å². The van der Waals surface area contributed by atoms with Gasteiger partial charge in [-0.05, 0) is 45.7 Å². The van der Waals surface area contributed by atoms with Gasteiger partial charge in [0, 0.05) is 24.6 Å². The number of nitrogens with one attached hydrogen (secondary N) is 1. The van der Waals surface area contributed by atoms with E-state index in [0.29, 0.717) is 12.1 Å². The van der Waals surface area contributed by atoms with Gasteiger partial charge in [-0.25, -0.2) is 4.39 Å². The van der Waals surface area contributed by atoms with Crippen molar-refractivity contribution in [2.45, 2.75) is 39.2 Å². The van der Waals surface area contributed by atoms with Gasteiger partial charge in [-0.2, -0.15) is 0 Å². The van der Waals surface area contributed by atoms with Crippen molar-refractivity contribution in [2.75, 3.05) is 24.2 Å². The predicted molar refractivity (Wildman–Crippen MR) is 118 cm³/mol. The number of nitrogen functional groups attached to an aromatic ring is 1. The number of carbonyl (C=O) groups excluding carboxylic acids is 1. The minimum Gasteiger partial charge on any atom is -0.487 e. The van der Waals surface area contributed by atoms with E-state index in [1.165, 1.54) is 13.1 Å². The monoisotopic (exact) mass is 424 g/mol. The van der Waals surface area contributed by atoms with Crippen LogP contribution in [0.4, 0.5) is 15.8 Å². The number of rotatable bonds is 6. The topological polar surface area (TPSA) is 99.2 Å². The third kappa shape index (κ3) is 3.52. The second-order valence-electron chi connectivity index (χ2n) is 8.41. The fraction of sp³-hybridized carbons (Fsp3) is 0.348. The molecule has 162 valence electrons. The van der Waals surface area contributed by atoms with E-state index in [1.54, 1.807) is 10.8 Å². The molecule has 4 rings (SSSR count). The lowest BCUT2D eigenvalue weighted by molar-refractivity contribution is 0.101. The van der Waals surface area contributed by atoms with Gasteiger partial charge < -0.3 is 20.4 Å². The summed E-state index contributed by atoms with van der Waals surface area (Å²) in [6, 6.07) is 5.72. The van der Waals surface area contributed by atoms with Crippen molar-refractivity contribution in [1.29, 1.82) is 0 Å². The fourth-order valence-electron chi connectivity index (χ4n) is 3.92. The molecule has 0 bridgehead atoms. The van der Waals surface area contributed by atoms with E-state index in [1.807, 2.05) is 32.0 Å². The van der Waals surface area contributed by atoms with Crippen molar-refractivity contribution in [2.24, 2.45) is 0 Å². The van der Waals surface area contributed by atoms with Gasteiger partial charge in [0.2, 0.25) is 5.43 Å². The minimum absolute atomic E-state index is 0.0180. The number of hydrogen-bond acceptors (Lipinski definition) is 6. The smallest absolute Gasteiger partial charge is 0.202 e. The third-order valence-electron chi connectivity index (χ3n) is 5.61. The predicted octanol–water partition coefficient (Wildman–Crippen LogP) is 3.49. The lowest BCUT2D eigenvalue weighted by Crippen LogP contribution is -2.39. The van der Waals surface area contributed by atoms with Crippen LogP contribution < -0.4 is 21.2 Å². The average Bonchev–Trinajstić information content (AvgIpc) is 2.73. The van der Waals surface area contributed by atoms with E-state index >= 15 is 4.39 Å². The van der Waals surface area contributed by atoms with Crippen LogP contribution in [0, 0.1) is 5.82 Å². The molecule has 0 amide bonds. The maximum atomic E-state index is 15.3. The molecule has 1 aliphatic rings. The number of Topliss-reactive ketones (excluding diaryl/α,β-unsaturated/α-hetero) is 1.